The van der Waals surface area contributed by atoms with E-state index in [2.05, 4.69) is 16.0 Å². The van der Waals surface area contributed by atoms with E-state index < -0.39 is 52.2 Å². The van der Waals surface area contributed by atoms with Crippen LogP contribution in [-0.2, 0) is 19.2 Å². The molecule has 36 heavy (non-hydrogen) atoms. The van der Waals surface area contributed by atoms with Crippen LogP contribution in [0.4, 0.5) is 10.5 Å². The highest BCUT2D eigenvalue weighted by Crippen LogP contribution is 2.30. The van der Waals surface area contributed by atoms with Gasteiger partial charge in [-0.1, -0.05) is 32.4 Å². The summed E-state index contributed by atoms with van der Waals surface area (Å²) >= 11 is 6.26. The van der Waals surface area contributed by atoms with Gasteiger partial charge in [-0.2, -0.15) is 4.48 Å². The first-order chi connectivity index (χ1) is 16.7. The maximum Gasteiger partial charge on any atom is 0.424 e. The molecule has 0 saturated carbocycles. The Morgan fingerprint density at radius 2 is 1.72 bits per heavy atom. The Hall–Kier alpha value is -3.31. The van der Waals surface area contributed by atoms with Gasteiger partial charge in [0.15, 0.2) is 6.04 Å². The lowest BCUT2D eigenvalue weighted by atomic mass is 9.85. The van der Waals surface area contributed by atoms with Crippen molar-refractivity contribution in [2.45, 2.75) is 59.0 Å². The first-order valence-electron chi connectivity index (χ1n) is 11.5. The maximum atomic E-state index is 13.9. The van der Waals surface area contributed by atoms with Gasteiger partial charge in [-0.05, 0) is 23.6 Å². The molecule has 12 heteroatoms. The van der Waals surface area contributed by atoms with Crippen LogP contribution in [0.15, 0.2) is 18.2 Å². The lowest BCUT2D eigenvalue weighted by Crippen LogP contribution is -2.67. The van der Waals surface area contributed by atoms with Gasteiger partial charge in [-0.3, -0.25) is 19.7 Å². The summed E-state index contributed by atoms with van der Waals surface area (Å²) in [6, 6.07) is 1.14. The third-order valence-corrected chi connectivity index (χ3v) is 6.24. The first kappa shape index (κ1) is 28.9. The van der Waals surface area contributed by atoms with E-state index in [4.69, 9.17) is 16.7 Å². The van der Waals surface area contributed by atoms with Gasteiger partial charge in [0, 0.05) is 25.5 Å². The number of benzene rings is 1. The van der Waals surface area contributed by atoms with E-state index in [0.717, 1.165) is 0 Å². The summed E-state index contributed by atoms with van der Waals surface area (Å²) in [6.45, 7) is 6.84. The second-order valence-electron chi connectivity index (χ2n) is 9.90. The Kier molecular flexibility index (Phi) is 9.33. The molecule has 1 aliphatic heterocycles. The van der Waals surface area contributed by atoms with Gasteiger partial charge in [-0.25, -0.2) is 9.59 Å². The minimum atomic E-state index is -1.29. The van der Waals surface area contributed by atoms with Crippen molar-refractivity contribution in [3.8, 4) is 0 Å². The number of carboxylic acid groups (broad SMARTS) is 1. The highest BCUT2D eigenvalue weighted by molar-refractivity contribution is 6.34. The van der Waals surface area contributed by atoms with Crippen LogP contribution >= 0.6 is 11.6 Å². The zero-order valence-electron chi connectivity index (χ0n) is 20.7. The molecule has 1 fully saturated rings. The van der Waals surface area contributed by atoms with Gasteiger partial charge in [-0.15, -0.1) is 0 Å². The van der Waals surface area contributed by atoms with Gasteiger partial charge in [0.2, 0.25) is 5.91 Å². The molecule has 0 aromatic heterocycles. The number of rotatable bonds is 8. The SMILES string of the molecule is CC(=O)Nc1ccc(C(=O)N[C@H](C(=O)[N+]2(C(=O)N[C@H](C=O)CC(=O)O)CCCC2)C(C)(C)C)c(Cl)c1. The monoisotopic (exact) mass is 523 g/mol. The van der Waals surface area contributed by atoms with Gasteiger partial charge in [0.1, 0.15) is 12.3 Å². The largest absolute Gasteiger partial charge is 0.481 e. The Labute approximate surface area is 214 Å². The van der Waals surface area contributed by atoms with Gasteiger partial charge in [0.05, 0.1) is 30.1 Å². The summed E-state index contributed by atoms with van der Waals surface area (Å²) in [4.78, 5) is 73.9. The third kappa shape index (κ3) is 6.88. The minimum Gasteiger partial charge on any atom is -0.481 e. The van der Waals surface area contributed by atoms with E-state index in [-0.39, 0.29) is 29.6 Å². The van der Waals surface area contributed by atoms with Crippen LogP contribution in [0.2, 0.25) is 5.02 Å². The number of likely N-dealkylation sites (tertiary alicyclic amines) is 1. The molecule has 0 spiro atoms. The van der Waals surface area contributed by atoms with Crippen molar-refractivity contribution >= 4 is 53.3 Å². The van der Waals surface area contributed by atoms with Crippen LogP contribution in [0, 0.1) is 5.41 Å². The molecule has 1 aliphatic rings. The summed E-state index contributed by atoms with van der Waals surface area (Å²) in [5.74, 6) is -2.79. The normalized spacial score (nSPS) is 16.4. The quantitative estimate of drug-likeness (QED) is 0.300. The number of imide groups is 1. The number of aliphatic carboxylic acids is 1. The number of amides is 5. The zero-order chi connectivity index (χ0) is 27.3. The lowest BCUT2D eigenvalue weighted by molar-refractivity contribution is -0.761. The summed E-state index contributed by atoms with van der Waals surface area (Å²) in [6.07, 6.45) is 0.824. The molecule has 2 rings (SSSR count). The Morgan fingerprint density at radius 1 is 1.11 bits per heavy atom. The number of anilines is 1. The predicted molar refractivity (Wildman–Crippen MR) is 131 cm³/mol. The molecule has 1 aromatic carbocycles. The molecule has 11 nitrogen and oxygen atoms in total. The standard InChI is InChI=1S/C24H31ClN4O7/c1-14(31)26-15-7-8-17(18(25)11-15)21(34)28-20(24(2,3)4)22(35)29(9-5-6-10-29)23(36)27-16(13-30)12-19(32)33/h7-8,11,13,16,20H,5-6,9-10,12H2,1-4H3,(H3-,26,27,28,31,32,33,34,36)/p+1/t16-,20+/m0/s1. The number of carbonyl (C=O) groups excluding carboxylic acids is 5. The highest BCUT2D eigenvalue weighted by atomic mass is 35.5. The predicted octanol–water partition coefficient (Wildman–Crippen LogP) is 2.33. The molecule has 1 saturated heterocycles. The van der Waals surface area contributed by atoms with Crippen LogP contribution in [0.3, 0.4) is 0 Å². The molecule has 0 unspecified atom stereocenters. The highest BCUT2D eigenvalue weighted by Gasteiger charge is 2.53. The molecular formula is C24H32ClN4O7+. The molecule has 0 aliphatic carbocycles. The summed E-state index contributed by atoms with van der Waals surface area (Å²) in [7, 11) is 0. The van der Waals surface area contributed by atoms with E-state index in [1.807, 2.05) is 0 Å². The van der Waals surface area contributed by atoms with Crippen molar-refractivity contribution in [3.05, 3.63) is 28.8 Å². The molecule has 1 aromatic rings. The lowest BCUT2D eigenvalue weighted by Gasteiger charge is -2.37. The van der Waals surface area contributed by atoms with Gasteiger partial charge in [0.25, 0.3) is 5.91 Å². The summed E-state index contributed by atoms with van der Waals surface area (Å²) in [5.41, 5.74) is -0.334. The molecule has 0 radical (unpaired) electrons. The minimum absolute atomic E-state index is 0.0594. The Morgan fingerprint density at radius 3 is 2.19 bits per heavy atom. The zero-order valence-corrected chi connectivity index (χ0v) is 21.5. The number of carboxylic acids is 1. The van der Waals surface area contributed by atoms with Crippen molar-refractivity contribution < 1.29 is 38.4 Å². The maximum absolute atomic E-state index is 13.9. The van der Waals surface area contributed by atoms with Crippen molar-refractivity contribution in [2.75, 3.05) is 18.4 Å². The number of hydrogen-bond donors (Lipinski definition) is 4. The average molecular weight is 524 g/mol. The Bertz CT molecular complexity index is 1060. The van der Waals surface area contributed by atoms with E-state index in [1.165, 1.54) is 25.1 Å². The number of urea groups is 1. The molecule has 2 atom stereocenters. The van der Waals surface area contributed by atoms with Crippen LogP contribution < -0.4 is 16.0 Å². The fourth-order valence-corrected chi connectivity index (χ4v) is 4.35. The third-order valence-electron chi connectivity index (χ3n) is 5.93. The second-order valence-corrected chi connectivity index (χ2v) is 10.3. The Balaban J connectivity index is 2.35. The van der Waals surface area contributed by atoms with Gasteiger partial charge < -0.3 is 20.5 Å². The first-order valence-corrected chi connectivity index (χ1v) is 11.9. The average Bonchev–Trinajstić information content (AvgIpc) is 3.26. The number of carbonyl (C=O) groups is 6. The molecule has 5 amide bonds. The molecule has 196 valence electrons. The van der Waals surface area contributed by atoms with Crippen molar-refractivity contribution in [2.24, 2.45) is 5.41 Å². The van der Waals surface area contributed by atoms with E-state index >= 15 is 0 Å². The molecule has 1 heterocycles. The van der Waals surface area contributed by atoms with Gasteiger partial charge >= 0.3 is 17.9 Å². The second kappa shape index (κ2) is 11.6. The van der Waals surface area contributed by atoms with Crippen LogP contribution in [0.25, 0.3) is 0 Å². The summed E-state index contributed by atoms with van der Waals surface area (Å²) < 4.78 is -0.665. The summed E-state index contributed by atoms with van der Waals surface area (Å²) in [5, 5.41) is 16.7. The molecule has 4 N–H and O–H groups in total. The van der Waals surface area contributed by atoms with Crippen molar-refractivity contribution in [3.63, 3.8) is 0 Å². The number of aldehydes is 1. The smallest absolute Gasteiger partial charge is 0.424 e. The van der Waals surface area contributed by atoms with E-state index in [9.17, 15) is 28.8 Å². The van der Waals surface area contributed by atoms with Crippen molar-refractivity contribution in [1.29, 1.82) is 0 Å². The number of halogens is 1. The van der Waals surface area contributed by atoms with E-state index in [0.29, 0.717) is 24.8 Å². The number of quaternary nitrogens is 1. The van der Waals surface area contributed by atoms with Crippen molar-refractivity contribution in [1.82, 2.24) is 10.6 Å². The number of nitrogens with one attached hydrogen (secondary N) is 3. The number of nitrogens with zero attached hydrogens (tertiary/aromatic N) is 1. The van der Waals surface area contributed by atoms with Crippen LogP contribution in [0.1, 0.15) is 57.3 Å². The number of hydrogen-bond acceptors (Lipinski definition) is 6. The fourth-order valence-electron chi connectivity index (χ4n) is 4.09. The van der Waals surface area contributed by atoms with Crippen LogP contribution in [0.5, 0.6) is 0 Å². The topological polar surface area (TPSA) is 159 Å². The molecular weight excluding hydrogens is 492 g/mol. The van der Waals surface area contributed by atoms with Crippen LogP contribution in [-0.4, -0.2) is 70.8 Å². The van der Waals surface area contributed by atoms with E-state index in [1.54, 1.807) is 20.8 Å². The molecule has 0 bridgehead atoms. The fraction of sp³-hybridized carbons (Fsp3) is 0.500.